The highest BCUT2D eigenvalue weighted by atomic mass is 35.5. The summed E-state index contributed by atoms with van der Waals surface area (Å²) >= 11 is 6.40. The molecule has 0 aliphatic carbocycles. The Bertz CT molecular complexity index is 1180. The number of benzene rings is 2. The Hall–Kier alpha value is -3.25. The summed E-state index contributed by atoms with van der Waals surface area (Å²) in [4.78, 5) is 23.8. The fourth-order valence-electron chi connectivity index (χ4n) is 3.52. The Morgan fingerprint density at radius 2 is 1.94 bits per heavy atom. The summed E-state index contributed by atoms with van der Waals surface area (Å²) in [6, 6.07) is 11.0. The summed E-state index contributed by atoms with van der Waals surface area (Å²) in [6.45, 7) is 10.0. The Labute approximate surface area is 192 Å². The molecule has 0 spiro atoms. The maximum Gasteiger partial charge on any atom is 0.346 e. The molecular weight excluding hydrogens is 430 g/mol. The summed E-state index contributed by atoms with van der Waals surface area (Å²) in [7, 11) is 1.31. The number of methoxy groups -OCH3 is 1. The van der Waals surface area contributed by atoms with Crippen molar-refractivity contribution in [2.45, 2.75) is 33.4 Å². The van der Waals surface area contributed by atoms with Gasteiger partial charge in [-0.1, -0.05) is 30.3 Å². The highest BCUT2D eigenvalue weighted by molar-refractivity contribution is 6.32. The molecule has 0 bridgehead atoms. The van der Waals surface area contributed by atoms with Crippen molar-refractivity contribution in [3.05, 3.63) is 76.5 Å². The van der Waals surface area contributed by atoms with Crippen LogP contribution >= 0.6 is 11.6 Å². The highest BCUT2D eigenvalue weighted by Crippen LogP contribution is 2.30. The molecule has 0 aliphatic heterocycles. The van der Waals surface area contributed by atoms with Gasteiger partial charge in [-0.2, -0.15) is 0 Å². The van der Waals surface area contributed by atoms with Crippen molar-refractivity contribution >= 4 is 34.4 Å². The monoisotopic (exact) mass is 455 g/mol. The minimum atomic E-state index is -0.756. The molecular formula is C25H26ClNO5. The predicted octanol–water partition coefficient (Wildman–Crippen LogP) is 5.24. The zero-order chi connectivity index (χ0) is 23.4. The second kappa shape index (κ2) is 9.92. The smallest absolute Gasteiger partial charge is 0.346 e. The van der Waals surface area contributed by atoms with E-state index in [1.165, 1.54) is 7.11 Å². The van der Waals surface area contributed by atoms with Crippen molar-refractivity contribution in [2.24, 2.45) is 0 Å². The van der Waals surface area contributed by atoms with E-state index in [-0.39, 0.29) is 12.6 Å². The topological polar surface area (TPSA) is 66.8 Å². The van der Waals surface area contributed by atoms with E-state index >= 15 is 0 Å². The largest absolute Gasteiger partial charge is 0.477 e. The van der Waals surface area contributed by atoms with Gasteiger partial charge in [0.15, 0.2) is 6.10 Å². The van der Waals surface area contributed by atoms with Gasteiger partial charge in [0.05, 0.1) is 17.7 Å². The molecule has 0 fully saturated rings. The van der Waals surface area contributed by atoms with Crippen LogP contribution in [-0.2, 0) is 20.8 Å². The van der Waals surface area contributed by atoms with Gasteiger partial charge in [-0.15, -0.1) is 0 Å². The maximum atomic E-state index is 12.2. The molecule has 168 valence electrons. The van der Waals surface area contributed by atoms with E-state index in [1.54, 1.807) is 25.1 Å². The minimum Gasteiger partial charge on any atom is -0.477 e. The third-order valence-corrected chi connectivity index (χ3v) is 5.68. The first-order valence-electron chi connectivity index (χ1n) is 10.2. The van der Waals surface area contributed by atoms with Gasteiger partial charge in [0, 0.05) is 23.1 Å². The van der Waals surface area contributed by atoms with Crippen LogP contribution in [0.2, 0.25) is 5.02 Å². The third-order valence-electron chi connectivity index (χ3n) is 5.38. The van der Waals surface area contributed by atoms with Crippen LogP contribution in [0.15, 0.2) is 49.1 Å². The summed E-state index contributed by atoms with van der Waals surface area (Å²) < 4.78 is 17.6. The molecule has 32 heavy (non-hydrogen) atoms. The summed E-state index contributed by atoms with van der Waals surface area (Å²) in [6.07, 6.45) is 0.786. The van der Waals surface area contributed by atoms with Gasteiger partial charge in [0.1, 0.15) is 12.4 Å². The van der Waals surface area contributed by atoms with E-state index < -0.39 is 12.1 Å². The lowest BCUT2D eigenvalue weighted by Crippen LogP contribution is -2.25. The number of aromatic nitrogens is 1. The van der Waals surface area contributed by atoms with E-state index in [4.69, 9.17) is 21.1 Å². The highest BCUT2D eigenvalue weighted by Gasteiger charge is 2.18. The Balaban J connectivity index is 1.88. The first kappa shape index (κ1) is 23.4. The second-order valence-electron chi connectivity index (χ2n) is 7.46. The fraction of sp³-hybridized carbons (Fsp3) is 0.280. The van der Waals surface area contributed by atoms with Crippen LogP contribution in [0.3, 0.4) is 0 Å². The molecule has 0 unspecified atom stereocenters. The zero-order valence-corrected chi connectivity index (χ0v) is 19.4. The van der Waals surface area contributed by atoms with Crippen molar-refractivity contribution in [3.63, 3.8) is 0 Å². The number of rotatable bonds is 8. The Kier molecular flexibility index (Phi) is 7.26. The fourth-order valence-corrected chi connectivity index (χ4v) is 3.77. The van der Waals surface area contributed by atoms with E-state index in [0.717, 1.165) is 27.7 Å². The van der Waals surface area contributed by atoms with Gasteiger partial charge < -0.3 is 18.8 Å². The summed E-state index contributed by atoms with van der Waals surface area (Å²) in [5, 5.41) is 1.41. The lowest BCUT2D eigenvalue weighted by molar-refractivity contribution is -0.147. The predicted molar refractivity (Wildman–Crippen MR) is 125 cm³/mol. The van der Waals surface area contributed by atoms with E-state index in [9.17, 15) is 9.59 Å². The van der Waals surface area contributed by atoms with Gasteiger partial charge in [0.2, 0.25) is 0 Å². The van der Waals surface area contributed by atoms with Crippen molar-refractivity contribution in [2.75, 3.05) is 13.7 Å². The first-order valence-corrected chi connectivity index (χ1v) is 10.5. The number of halogens is 1. The number of ether oxygens (including phenoxy) is 3. The molecule has 0 amide bonds. The molecule has 0 saturated carbocycles. The molecule has 3 rings (SSSR count). The summed E-state index contributed by atoms with van der Waals surface area (Å²) in [5.74, 6) is -0.427. The third kappa shape index (κ3) is 4.81. The number of fused-ring (bicyclic) bond motifs is 1. The molecule has 0 saturated heterocycles. The van der Waals surface area contributed by atoms with Gasteiger partial charge >= 0.3 is 11.9 Å². The molecule has 0 aliphatic rings. The van der Waals surface area contributed by atoms with Crippen molar-refractivity contribution in [3.8, 4) is 5.75 Å². The molecule has 7 heteroatoms. The molecule has 0 radical (unpaired) electrons. The number of carbonyl (C=O) groups excluding carboxylic acids is 2. The van der Waals surface area contributed by atoms with E-state index in [1.807, 2.05) is 38.1 Å². The number of esters is 2. The van der Waals surface area contributed by atoms with Gasteiger partial charge in [-0.25, -0.2) is 9.59 Å². The van der Waals surface area contributed by atoms with E-state index in [0.29, 0.717) is 22.9 Å². The Morgan fingerprint density at radius 3 is 2.59 bits per heavy atom. The number of nitrogens with zero attached hydrogens (tertiary/aromatic N) is 1. The minimum absolute atomic E-state index is 0.175. The van der Waals surface area contributed by atoms with Crippen LogP contribution < -0.4 is 4.74 Å². The van der Waals surface area contributed by atoms with Gasteiger partial charge in [0.25, 0.3) is 0 Å². The molecule has 6 nitrogen and oxygen atoms in total. The molecule has 1 aromatic heterocycles. The SMILES string of the molecule is C=CCOC(=O)c1ccc2c(c1)c(C)c(C)n2Cc1ccc(O[C@@H](C)C(=O)OC)c(Cl)c1. The van der Waals surface area contributed by atoms with Crippen molar-refractivity contribution in [1.82, 2.24) is 4.57 Å². The normalized spacial score (nSPS) is 11.8. The zero-order valence-electron chi connectivity index (χ0n) is 18.6. The number of aryl methyl sites for hydroxylation is 1. The molecule has 1 heterocycles. The standard InChI is InChI=1S/C25H26ClNO5/c1-6-11-31-25(29)19-8-9-22-20(13-19)15(2)16(3)27(22)14-18-7-10-23(21(26)12-18)32-17(4)24(28)30-5/h6-10,12-13,17H,1,11,14H2,2-5H3/t17-/m0/s1. The lowest BCUT2D eigenvalue weighted by Gasteiger charge is -2.15. The van der Waals surface area contributed by atoms with Crippen LogP contribution in [0.5, 0.6) is 5.75 Å². The lowest BCUT2D eigenvalue weighted by atomic mass is 10.1. The average molecular weight is 456 g/mol. The van der Waals surface area contributed by atoms with Gasteiger partial charge in [-0.3, -0.25) is 0 Å². The average Bonchev–Trinajstić information content (AvgIpc) is 3.02. The molecule has 2 aromatic carbocycles. The van der Waals surface area contributed by atoms with Crippen LogP contribution in [0.1, 0.15) is 34.1 Å². The van der Waals surface area contributed by atoms with E-state index in [2.05, 4.69) is 15.9 Å². The number of carbonyl (C=O) groups is 2. The molecule has 3 aromatic rings. The summed E-state index contributed by atoms with van der Waals surface area (Å²) in [5.41, 5.74) is 4.67. The van der Waals surface area contributed by atoms with Crippen molar-refractivity contribution in [1.29, 1.82) is 0 Å². The number of hydrogen-bond acceptors (Lipinski definition) is 5. The first-order chi connectivity index (χ1) is 15.3. The van der Waals surface area contributed by atoms with Gasteiger partial charge in [-0.05, 0) is 62.2 Å². The van der Waals surface area contributed by atoms with Crippen molar-refractivity contribution < 1.29 is 23.8 Å². The van der Waals surface area contributed by atoms with Crippen LogP contribution in [0, 0.1) is 13.8 Å². The van der Waals surface area contributed by atoms with Crippen LogP contribution in [0.25, 0.3) is 10.9 Å². The number of hydrogen-bond donors (Lipinski definition) is 0. The quantitative estimate of drug-likeness (QED) is 0.343. The maximum absolute atomic E-state index is 12.2. The van der Waals surface area contributed by atoms with Crippen LogP contribution in [-0.4, -0.2) is 36.3 Å². The molecule has 1 atom stereocenters. The molecule has 0 N–H and O–H groups in total. The Morgan fingerprint density at radius 1 is 1.19 bits per heavy atom. The van der Waals surface area contributed by atoms with Crippen LogP contribution in [0.4, 0.5) is 0 Å². The second-order valence-corrected chi connectivity index (χ2v) is 7.87.